The van der Waals surface area contributed by atoms with Gasteiger partial charge in [0.25, 0.3) is 0 Å². The summed E-state index contributed by atoms with van der Waals surface area (Å²) in [5.41, 5.74) is 0. The minimum absolute atomic E-state index is 0. The zero-order valence-corrected chi connectivity index (χ0v) is 13.4. The predicted molar refractivity (Wildman–Crippen MR) is 57.2 cm³/mol. The van der Waals surface area contributed by atoms with Gasteiger partial charge in [-0.2, -0.15) is 0 Å². The normalized spacial score (nSPS) is 13.3. The zero-order valence-electron chi connectivity index (χ0n) is 9.20. The van der Waals surface area contributed by atoms with Crippen molar-refractivity contribution in [3.05, 3.63) is 0 Å². The SMILES string of the molecule is C1CCCCC1.CCCCP.[Cl-].[Cl-].[Ti+2]. The molecule has 4 heteroatoms. The number of unbranched alkanes of at least 4 members (excludes halogenated alkanes) is 1. The third-order valence-corrected chi connectivity index (χ3v) is 2.47. The molecular formula is C10H23Cl2PTi. The fourth-order valence-electron chi connectivity index (χ4n) is 1.26. The Labute approximate surface area is 120 Å². The first-order chi connectivity index (χ1) is 5.41. The maximum Gasteiger partial charge on any atom is 2.00 e. The van der Waals surface area contributed by atoms with Crippen LogP contribution < -0.4 is 24.8 Å². The van der Waals surface area contributed by atoms with Gasteiger partial charge in [-0.05, 0) is 6.16 Å². The molecule has 0 saturated heterocycles. The van der Waals surface area contributed by atoms with Gasteiger partial charge in [-0.25, -0.2) is 0 Å². The molecule has 1 rings (SSSR count). The monoisotopic (exact) mass is 292 g/mol. The standard InChI is InChI=1S/C6H12.C4H11P.2ClH.Ti/c1-2-4-6-5-3-1;1-2-3-4-5;;;/h1-6H2;2-5H2,1H3;2*1H;/q;;;;+2/p-2. The summed E-state index contributed by atoms with van der Waals surface area (Å²) in [4.78, 5) is 0. The van der Waals surface area contributed by atoms with Gasteiger partial charge in [-0.15, -0.1) is 9.24 Å². The smallest absolute Gasteiger partial charge is 1.00 e. The Kier molecular flexibility index (Phi) is 42.7. The molecule has 0 N–H and O–H groups in total. The Balaban J connectivity index is -0.0000000597. The van der Waals surface area contributed by atoms with Crippen LogP contribution in [0.25, 0.3) is 0 Å². The van der Waals surface area contributed by atoms with E-state index in [4.69, 9.17) is 0 Å². The van der Waals surface area contributed by atoms with Gasteiger partial charge in [0.05, 0.1) is 0 Å². The van der Waals surface area contributed by atoms with Crippen LogP contribution >= 0.6 is 9.24 Å². The summed E-state index contributed by atoms with van der Waals surface area (Å²) in [7, 11) is 2.70. The minimum Gasteiger partial charge on any atom is -1.00 e. The molecule has 0 bridgehead atoms. The zero-order chi connectivity index (χ0) is 8.36. The number of hydrogen-bond acceptors (Lipinski definition) is 0. The summed E-state index contributed by atoms with van der Waals surface area (Å²) in [6, 6.07) is 0. The average molecular weight is 293 g/mol. The van der Waals surface area contributed by atoms with E-state index < -0.39 is 0 Å². The van der Waals surface area contributed by atoms with Crippen molar-refractivity contribution in [2.75, 3.05) is 6.16 Å². The third-order valence-electron chi connectivity index (χ3n) is 2.06. The van der Waals surface area contributed by atoms with Gasteiger partial charge >= 0.3 is 21.7 Å². The fraction of sp³-hybridized carbons (Fsp3) is 1.00. The van der Waals surface area contributed by atoms with Crippen molar-refractivity contribution in [2.45, 2.75) is 58.3 Å². The van der Waals surface area contributed by atoms with E-state index in [2.05, 4.69) is 16.2 Å². The van der Waals surface area contributed by atoms with Gasteiger partial charge in [0, 0.05) is 0 Å². The van der Waals surface area contributed by atoms with Crippen LogP contribution in [0.15, 0.2) is 0 Å². The Morgan fingerprint density at radius 2 is 1.14 bits per heavy atom. The van der Waals surface area contributed by atoms with Crippen molar-refractivity contribution in [1.29, 1.82) is 0 Å². The molecule has 0 nitrogen and oxygen atoms in total. The molecule has 1 fully saturated rings. The van der Waals surface area contributed by atoms with Gasteiger partial charge in [0.2, 0.25) is 0 Å². The topological polar surface area (TPSA) is 0 Å². The van der Waals surface area contributed by atoms with Crippen LogP contribution in [0, 0.1) is 0 Å². The van der Waals surface area contributed by atoms with Crippen molar-refractivity contribution in [3.8, 4) is 0 Å². The first-order valence-corrected chi connectivity index (χ1v) is 5.93. The first kappa shape index (κ1) is 24.8. The molecular weight excluding hydrogens is 270 g/mol. The van der Waals surface area contributed by atoms with Crippen molar-refractivity contribution in [1.82, 2.24) is 0 Å². The second kappa shape index (κ2) is 24.1. The van der Waals surface area contributed by atoms with Crippen LogP contribution in [0.2, 0.25) is 0 Å². The predicted octanol–water partition coefficient (Wildman–Crippen LogP) is -1.99. The fourth-order valence-corrected chi connectivity index (χ4v) is 1.67. The summed E-state index contributed by atoms with van der Waals surface area (Å²) in [6.45, 7) is 2.20. The van der Waals surface area contributed by atoms with Gasteiger partial charge < -0.3 is 24.8 Å². The number of hydrogen-bond donors (Lipinski definition) is 0. The number of rotatable bonds is 2. The van der Waals surface area contributed by atoms with Gasteiger partial charge in [-0.3, -0.25) is 0 Å². The van der Waals surface area contributed by atoms with Crippen molar-refractivity contribution < 1.29 is 46.5 Å². The molecule has 0 spiro atoms. The molecule has 14 heavy (non-hydrogen) atoms. The third kappa shape index (κ3) is 23.5. The Morgan fingerprint density at radius 3 is 1.21 bits per heavy atom. The maximum absolute atomic E-state index is 2.70. The molecule has 1 aliphatic rings. The molecule has 0 heterocycles. The summed E-state index contributed by atoms with van der Waals surface area (Å²) < 4.78 is 0. The average Bonchev–Trinajstić information content (AvgIpc) is 2.10. The molecule has 1 saturated carbocycles. The van der Waals surface area contributed by atoms with Crippen LogP contribution in [0.1, 0.15) is 58.3 Å². The Hall–Kier alpha value is 1.72. The van der Waals surface area contributed by atoms with Crippen molar-refractivity contribution >= 4 is 9.24 Å². The molecule has 1 aliphatic carbocycles. The second-order valence-electron chi connectivity index (χ2n) is 3.26. The van der Waals surface area contributed by atoms with Crippen molar-refractivity contribution in [3.63, 3.8) is 0 Å². The van der Waals surface area contributed by atoms with E-state index in [1.54, 1.807) is 0 Å². The van der Waals surface area contributed by atoms with Crippen LogP contribution in [0.5, 0.6) is 0 Å². The summed E-state index contributed by atoms with van der Waals surface area (Å²) in [5.74, 6) is 0. The summed E-state index contributed by atoms with van der Waals surface area (Å²) in [6.07, 6.45) is 12.9. The van der Waals surface area contributed by atoms with Gasteiger partial charge in [0.1, 0.15) is 0 Å². The van der Waals surface area contributed by atoms with Crippen LogP contribution in [0.3, 0.4) is 0 Å². The minimum atomic E-state index is 0. The largest absolute Gasteiger partial charge is 2.00 e. The van der Waals surface area contributed by atoms with E-state index in [0.29, 0.717) is 0 Å². The van der Waals surface area contributed by atoms with E-state index in [-0.39, 0.29) is 46.5 Å². The van der Waals surface area contributed by atoms with E-state index >= 15 is 0 Å². The molecule has 0 radical (unpaired) electrons. The Bertz CT molecular complexity index is 57.6. The summed E-state index contributed by atoms with van der Waals surface area (Å²) >= 11 is 0. The molecule has 0 aromatic heterocycles. The van der Waals surface area contributed by atoms with E-state index in [0.717, 1.165) is 0 Å². The molecule has 1 unspecified atom stereocenters. The molecule has 0 aromatic carbocycles. The van der Waals surface area contributed by atoms with Gasteiger partial charge in [-0.1, -0.05) is 58.3 Å². The first-order valence-electron chi connectivity index (χ1n) is 5.12. The molecule has 1 atom stereocenters. The second-order valence-corrected chi connectivity index (χ2v) is 3.84. The molecule has 0 aliphatic heterocycles. The van der Waals surface area contributed by atoms with Crippen molar-refractivity contribution in [2.24, 2.45) is 0 Å². The Morgan fingerprint density at radius 1 is 0.857 bits per heavy atom. The quantitative estimate of drug-likeness (QED) is 0.408. The molecule has 86 valence electrons. The maximum atomic E-state index is 2.70. The van der Waals surface area contributed by atoms with Crippen LogP contribution in [-0.2, 0) is 21.7 Å². The van der Waals surface area contributed by atoms with E-state index in [1.165, 1.54) is 57.5 Å². The van der Waals surface area contributed by atoms with E-state index in [1.807, 2.05) is 0 Å². The van der Waals surface area contributed by atoms with Crippen LogP contribution in [-0.4, -0.2) is 6.16 Å². The van der Waals surface area contributed by atoms with Crippen LogP contribution in [0.4, 0.5) is 0 Å². The number of halogens is 2. The van der Waals surface area contributed by atoms with Gasteiger partial charge in [0.15, 0.2) is 0 Å². The summed E-state index contributed by atoms with van der Waals surface area (Å²) in [5, 5.41) is 0. The molecule has 0 aromatic rings. The van der Waals surface area contributed by atoms with E-state index in [9.17, 15) is 0 Å². The molecule has 0 amide bonds.